The van der Waals surface area contributed by atoms with E-state index in [4.69, 9.17) is 14.0 Å². The molecule has 0 aliphatic carbocycles. The Morgan fingerprint density at radius 2 is 2.07 bits per heavy atom. The number of aryl methyl sites for hydroxylation is 2. The van der Waals surface area contributed by atoms with Gasteiger partial charge in [-0.15, -0.1) is 0 Å². The third kappa shape index (κ3) is 4.23. The highest BCUT2D eigenvalue weighted by atomic mass is 16.5. The molecule has 0 aliphatic heterocycles. The Bertz CT molecular complexity index is 1090. The number of benzene rings is 1. The van der Waals surface area contributed by atoms with Crippen LogP contribution in [0.4, 0.5) is 0 Å². The van der Waals surface area contributed by atoms with Crippen LogP contribution in [0.25, 0.3) is 11.1 Å². The van der Waals surface area contributed by atoms with Crippen LogP contribution in [-0.2, 0) is 24.3 Å². The van der Waals surface area contributed by atoms with Crippen molar-refractivity contribution in [1.29, 1.82) is 0 Å². The largest absolute Gasteiger partial charge is 0.493 e. The van der Waals surface area contributed by atoms with Crippen LogP contribution in [-0.4, -0.2) is 34.3 Å². The molecule has 0 aliphatic rings. The molecule has 1 amide bonds. The summed E-state index contributed by atoms with van der Waals surface area (Å²) in [7, 11) is 1.56. The van der Waals surface area contributed by atoms with Gasteiger partial charge in [0.25, 0.3) is 11.3 Å². The zero-order chi connectivity index (χ0) is 21.0. The van der Waals surface area contributed by atoms with E-state index in [1.807, 2.05) is 26.0 Å². The maximum Gasteiger partial charge on any atom is 0.267 e. The SMILES string of the molecule is CCOc1ccc(CNC(=O)Cn2c(CC)nc3onc(C)c3c2=O)cc1OC. The van der Waals surface area contributed by atoms with Crippen molar-refractivity contribution in [1.82, 2.24) is 20.0 Å². The predicted octanol–water partition coefficient (Wildman–Crippen LogP) is 1.98. The average molecular weight is 400 g/mol. The van der Waals surface area contributed by atoms with E-state index in [2.05, 4.69) is 15.5 Å². The number of nitrogens with zero attached hydrogens (tertiary/aromatic N) is 3. The van der Waals surface area contributed by atoms with Gasteiger partial charge < -0.3 is 19.3 Å². The van der Waals surface area contributed by atoms with Crippen LogP contribution in [0.1, 0.15) is 30.9 Å². The van der Waals surface area contributed by atoms with Crippen LogP contribution >= 0.6 is 0 Å². The molecule has 0 atom stereocenters. The number of hydrogen-bond donors (Lipinski definition) is 1. The van der Waals surface area contributed by atoms with E-state index in [0.717, 1.165) is 5.56 Å². The molecule has 0 fully saturated rings. The van der Waals surface area contributed by atoms with Gasteiger partial charge in [-0.2, -0.15) is 4.98 Å². The number of aromatic nitrogens is 3. The van der Waals surface area contributed by atoms with Crippen molar-refractivity contribution in [2.24, 2.45) is 0 Å². The fourth-order valence-corrected chi connectivity index (χ4v) is 3.04. The summed E-state index contributed by atoms with van der Waals surface area (Å²) in [5.41, 5.74) is 1.17. The maximum absolute atomic E-state index is 12.8. The summed E-state index contributed by atoms with van der Waals surface area (Å²) in [6.07, 6.45) is 0.480. The average Bonchev–Trinajstić information content (AvgIpc) is 3.10. The third-order valence-corrected chi connectivity index (χ3v) is 4.48. The van der Waals surface area contributed by atoms with Gasteiger partial charge in [0, 0.05) is 13.0 Å². The zero-order valence-corrected chi connectivity index (χ0v) is 16.9. The zero-order valence-electron chi connectivity index (χ0n) is 16.9. The van der Waals surface area contributed by atoms with E-state index in [9.17, 15) is 9.59 Å². The predicted molar refractivity (Wildman–Crippen MR) is 106 cm³/mol. The molecule has 0 unspecified atom stereocenters. The Labute approximate surface area is 167 Å². The lowest BCUT2D eigenvalue weighted by molar-refractivity contribution is -0.121. The van der Waals surface area contributed by atoms with Gasteiger partial charge in [0.2, 0.25) is 5.91 Å². The van der Waals surface area contributed by atoms with E-state index in [-0.39, 0.29) is 23.7 Å². The molecule has 9 nitrogen and oxygen atoms in total. The molecule has 29 heavy (non-hydrogen) atoms. The molecule has 0 spiro atoms. The van der Waals surface area contributed by atoms with Crippen molar-refractivity contribution >= 4 is 17.0 Å². The molecule has 1 N–H and O–H groups in total. The fourth-order valence-electron chi connectivity index (χ4n) is 3.04. The molecule has 0 saturated heterocycles. The second-order valence-electron chi connectivity index (χ2n) is 6.42. The minimum absolute atomic E-state index is 0.135. The van der Waals surface area contributed by atoms with Gasteiger partial charge >= 0.3 is 0 Å². The van der Waals surface area contributed by atoms with Gasteiger partial charge in [-0.1, -0.05) is 18.1 Å². The van der Waals surface area contributed by atoms with Crippen molar-refractivity contribution in [2.75, 3.05) is 13.7 Å². The van der Waals surface area contributed by atoms with Crippen molar-refractivity contribution < 1.29 is 18.8 Å². The number of carbonyl (C=O) groups is 1. The lowest BCUT2D eigenvalue weighted by atomic mass is 10.2. The maximum atomic E-state index is 12.8. The first-order valence-corrected chi connectivity index (χ1v) is 9.40. The first-order chi connectivity index (χ1) is 14.0. The van der Waals surface area contributed by atoms with Gasteiger partial charge in [-0.25, -0.2) is 0 Å². The van der Waals surface area contributed by atoms with E-state index >= 15 is 0 Å². The van der Waals surface area contributed by atoms with Crippen LogP contribution in [0.5, 0.6) is 11.5 Å². The van der Waals surface area contributed by atoms with Crippen LogP contribution in [0.3, 0.4) is 0 Å². The fraction of sp³-hybridized carbons (Fsp3) is 0.400. The van der Waals surface area contributed by atoms with Crippen LogP contribution in [0, 0.1) is 6.92 Å². The quantitative estimate of drug-likeness (QED) is 0.616. The van der Waals surface area contributed by atoms with Gasteiger partial charge in [0.05, 0.1) is 19.4 Å². The summed E-state index contributed by atoms with van der Waals surface area (Å²) >= 11 is 0. The Hall–Kier alpha value is -3.36. The van der Waals surface area contributed by atoms with E-state index in [0.29, 0.717) is 48.0 Å². The normalized spacial score (nSPS) is 10.9. The number of carbonyl (C=O) groups excluding carboxylic acids is 1. The highest BCUT2D eigenvalue weighted by molar-refractivity contribution is 5.77. The minimum Gasteiger partial charge on any atom is -0.493 e. The lowest BCUT2D eigenvalue weighted by Gasteiger charge is -2.13. The molecule has 154 valence electrons. The highest BCUT2D eigenvalue weighted by Crippen LogP contribution is 2.27. The molecule has 0 saturated carbocycles. The molecule has 2 heterocycles. The number of amides is 1. The minimum atomic E-state index is -0.330. The molecule has 2 aromatic heterocycles. The molecule has 3 aromatic rings. The smallest absolute Gasteiger partial charge is 0.267 e. The van der Waals surface area contributed by atoms with Gasteiger partial charge in [-0.3, -0.25) is 14.2 Å². The molecule has 0 bridgehead atoms. The number of rotatable bonds is 8. The van der Waals surface area contributed by atoms with Gasteiger partial charge in [-0.05, 0) is 31.5 Å². The lowest BCUT2D eigenvalue weighted by Crippen LogP contribution is -2.34. The van der Waals surface area contributed by atoms with Crippen LogP contribution in [0.15, 0.2) is 27.5 Å². The second-order valence-corrected chi connectivity index (χ2v) is 6.42. The van der Waals surface area contributed by atoms with Crippen molar-refractivity contribution in [2.45, 2.75) is 40.3 Å². The summed E-state index contributed by atoms with van der Waals surface area (Å²) in [6, 6.07) is 5.46. The van der Waals surface area contributed by atoms with E-state index in [1.54, 1.807) is 20.1 Å². The molecule has 0 radical (unpaired) electrons. The topological polar surface area (TPSA) is 108 Å². The summed E-state index contributed by atoms with van der Waals surface area (Å²) < 4.78 is 17.3. The van der Waals surface area contributed by atoms with Crippen molar-refractivity contribution in [3.05, 3.63) is 45.6 Å². The van der Waals surface area contributed by atoms with Crippen molar-refractivity contribution in [3.8, 4) is 11.5 Å². The monoisotopic (exact) mass is 400 g/mol. The molecular weight excluding hydrogens is 376 g/mol. The molecule has 9 heteroatoms. The van der Waals surface area contributed by atoms with Crippen molar-refractivity contribution in [3.63, 3.8) is 0 Å². The Morgan fingerprint density at radius 3 is 2.76 bits per heavy atom. The highest BCUT2D eigenvalue weighted by Gasteiger charge is 2.18. The number of hydrogen-bond acceptors (Lipinski definition) is 7. The van der Waals surface area contributed by atoms with E-state index < -0.39 is 0 Å². The molecular formula is C20H24N4O5. The van der Waals surface area contributed by atoms with Crippen LogP contribution < -0.4 is 20.3 Å². The van der Waals surface area contributed by atoms with Gasteiger partial charge in [0.15, 0.2) is 11.5 Å². The third-order valence-electron chi connectivity index (χ3n) is 4.48. The standard InChI is InChI=1S/C20H24N4O5/c1-5-16-22-19-18(12(3)23-29-19)20(26)24(16)11-17(25)21-10-13-7-8-14(28-6-2)15(9-13)27-4/h7-9H,5-6,10-11H2,1-4H3,(H,21,25). The Balaban J connectivity index is 1.75. The first-order valence-electron chi connectivity index (χ1n) is 9.40. The summed E-state index contributed by atoms with van der Waals surface area (Å²) in [5, 5.41) is 6.91. The number of methoxy groups -OCH3 is 1. The Kier molecular flexibility index (Phi) is 6.16. The summed E-state index contributed by atoms with van der Waals surface area (Å²) in [6.45, 7) is 6.11. The number of fused-ring (bicyclic) bond motifs is 1. The van der Waals surface area contributed by atoms with Crippen LogP contribution in [0.2, 0.25) is 0 Å². The number of ether oxygens (including phenoxy) is 2. The molecule has 1 aromatic carbocycles. The molecule has 3 rings (SSSR count). The van der Waals surface area contributed by atoms with E-state index in [1.165, 1.54) is 4.57 Å². The summed E-state index contributed by atoms with van der Waals surface area (Å²) in [5.74, 6) is 1.41. The Morgan fingerprint density at radius 1 is 1.28 bits per heavy atom. The first kappa shape index (κ1) is 20.4. The summed E-state index contributed by atoms with van der Waals surface area (Å²) in [4.78, 5) is 29.6. The number of nitrogens with one attached hydrogen (secondary N) is 1. The second kappa shape index (κ2) is 8.76. The van der Waals surface area contributed by atoms with Gasteiger partial charge in [0.1, 0.15) is 17.8 Å².